The van der Waals surface area contributed by atoms with Crippen LogP contribution in [0, 0.1) is 0 Å². The number of benzene rings is 1. The van der Waals surface area contributed by atoms with E-state index in [9.17, 15) is 5.11 Å². The minimum absolute atomic E-state index is 0.437. The van der Waals surface area contributed by atoms with Crippen LogP contribution in [0.2, 0.25) is 10.0 Å². The molecule has 3 nitrogen and oxygen atoms in total. The predicted octanol–water partition coefficient (Wildman–Crippen LogP) is 3.54. The number of hydrogen-bond donors (Lipinski definition) is 3. The van der Waals surface area contributed by atoms with Gasteiger partial charge < -0.3 is 16.2 Å². The Kier molecular flexibility index (Phi) is 3.87. The fraction of sp³-hybridized carbons (Fsp3) is 0.500. The third-order valence-electron chi connectivity index (χ3n) is 3.03. The lowest BCUT2D eigenvalue weighted by Crippen LogP contribution is -2.51. The molecule has 0 fully saturated rings. The van der Waals surface area contributed by atoms with Gasteiger partial charge in [-0.3, -0.25) is 0 Å². The van der Waals surface area contributed by atoms with Crippen LogP contribution in [-0.4, -0.2) is 16.2 Å². The molecule has 0 saturated carbocycles. The monoisotopic (exact) mass is 276 g/mol. The number of nitrogens with two attached hydrogens (primary N) is 1. The van der Waals surface area contributed by atoms with Crippen LogP contribution in [-0.2, 0) is 0 Å². The fourth-order valence-corrected chi connectivity index (χ4v) is 1.78. The number of aliphatic hydroxyl groups is 1. The van der Waals surface area contributed by atoms with E-state index in [1.54, 1.807) is 26.0 Å². The zero-order chi connectivity index (χ0) is 13.4. The van der Waals surface area contributed by atoms with Crippen molar-refractivity contribution in [3.63, 3.8) is 0 Å². The third kappa shape index (κ3) is 3.18. The normalized spacial score (nSPS) is 12.6. The minimum Gasteiger partial charge on any atom is -0.399 e. The molecule has 1 aromatic carbocycles. The van der Waals surface area contributed by atoms with Crippen LogP contribution in [0.3, 0.4) is 0 Å². The van der Waals surface area contributed by atoms with Crippen LogP contribution in [0.4, 0.5) is 11.4 Å². The van der Waals surface area contributed by atoms with Crippen molar-refractivity contribution < 1.29 is 5.11 Å². The summed E-state index contributed by atoms with van der Waals surface area (Å²) in [5.41, 5.74) is 5.20. The van der Waals surface area contributed by atoms with Crippen LogP contribution < -0.4 is 11.1 Å². The van der Waals surface area contributed by atoms with E-state index in [2.05, 4.69) is 5.32 Å². The molecule has 0 bridgehead atoms. The lowest BCUT2D eigenvalue weighted by molar-refractivity contribution is 0.0240. The molecule has 0 heterocycles. The Balaban J connectivity index is 3.13. The van der Waals surface area contributed by atoms with Crippen LogP contribution in [0.15, 0.2) is 12.1 Å². The van der Waals surface area contributed by atoms with Crippen molar-refractivity contribution >= 4 is 34.6 Å². The second-order valence-electron chi connectivity index (χ2n) is 5.17. The Hall–Kier alpha value is -0.640. The molecule has 0 spiro atoms. The Labute approximate surface area is 112 Å². The molecule has 0 amide bonds. The standard InChI is InChI=1S/C12H18Cl2N2O/c1-11(2,12(3,4)17)16-10-8(13)5-7(15)6-9(10)14/h5-6,16-17H,15H2,1-4H3. The average Bonchev–Trinajstić information content (AvgIpc) is 2.09. The van der Waals surface area contributed by atoms with Crippen molar-refractivity contribution in [3.8, 4) is 0 Å². The summed E-state index contributed by atoms with van der Waals surface area (Å²) in [5, 5.41) is 14.1. The first-order chi connectivity index (χ1) is 7.54. The van der Waals surface area contributed by atoms with Gasteiger partial charge >= 0.3 is 0 Å². The highest BCUT2D eigenvalue weighted by molar-refractivity contribution is 6.39. The second-order valence-corrected chi connectivity index (χ2v) is 5.98. The lowest BCUT2D eigenvalue weighted by Gasteiger charge is -2.39. The van der Waals surface area contributed by atoms with Gasteiger partial charge in [-0.15, -0.1) is 0 Å². The van der Waals surface area contributed by atoms with Gasteiger partial charge in [-0.05, 0) is 39.8 Å². The van der Waals surface area contributed by atoms with Gasteiger partial charge in [0.25, 0.3) is 0 Å². The van der Waals surface area contributed by atoms with E-state index < -0.39 is 11.1 Å². The zero-order valence-electron chi connectivity index (χ0n) is 10.4. The van der Waals surface area contributed by atoms with Crippen molar-refractivity contribution in [1.82, 2.24) is 0 Å². The molecule has 0 aliphatic carbocycles. The molecular weight excluding hydrogens is 259 g/mol. The van der Waals surface area contributed by atoms with E-state index in [4.69, 9.17) is 28.9 Å². The van der Waals surface area contributed by atoms with E-state index in [0.717, 1.165) is 0 Å². The summed E-state index contributed by atoms with van der Waals surface area (Å²) >= 11 is 12.2. The Morgan fingerprint density at radius 2 is 1.53 bits per heavy atom. The van der Waals surface area contributed by atoms with Crippen molar-refractivity contribution in [1.29, 1.82) is 0 Å². The molecular formula is C12H18Cl2N2O. The Bertz CT molecular complexity index is 402. The van der Waals surface area contributed by atoms with Crippen molar-refractivity contribution in [2.45, 2.75) is 38.8 Å². The maximum Gasteiger partial charge on any atom is 0.0814 e. The van der Waals surface area contributed by atoms with Gasteiger partial charge in [-0.1, -0.05) is 23.2 Å². The Morgan fingerprint density at radius 1 is 1.12 bits per heavy atom. The molecule has 96 valence electrons. The number of halogens is 2. The molecule has 4 N–H and O–H groups in total. The zero-order valence-corrected chi connectivity index (χ0v) is 11.9. The lowest BCUT2D eigenvalue weighted by atomic mass is 9.86. The molecule has 0 atom stereocenters. The molecule has 0 saturated heterocycles. The maximum atomic E-state index is 10.1. The summed E-state index contributed by atoms with van der Waals surface area (Å²) in [5.74, 6) is 0. The number of rotatable bonds is 3. The molecule has 0 aliphatic rings. The molecule has 17 heavy (non-hydrogen) atoms. The van der Waals surface area contributed by atoms with Crippen molar-refractivity contribution in [2.75, 3.05) is 11.1 Å². The summed E-state index contributed by atoms with van der Waals surface area (Å²) in [4.78, 5) is 0. The van der Waals surface area contributed by atoms with Crippen LogP contribution in [0.5, 0.6) is 0 Å². The first kappa shape index (κ1) is 14.4. The highest BCUT2D eigenvalue weighted by Crippen LogP contribution is 2.36. The molecule has 0 radical (unpaired) electrons. The number of nitrogens with one attached hydrogen (secondary N) is 1. The predicted molar refractivity (Wildman–Crippen MR) is 74.9 cm³/mol. The van der Waals surface area contributed by atoms with E-state index in [1.165, 1.54) is 0 Å². The summed E-state index contributed by atoms with van der Waals surface area (Å²) in [6.07, 6.45) is 0. The summed E-state index contributed by atoms with van der Waals surface area (Å²) in [6.45, 7) is 7.18. The SMILES string of the molecule is CC(C)(O)C(C)(C)Nc1c(Cl)cc(N)cc1Cl. The van der Waals surface area contributed by atoms with Gasteiger partial charge in [0, 0.05) is 5.69 Å². The summed E-state index contributed by atoms with van der Waals surface area (Å²) in [7, 11) is 0. The Morgan fingerprint density at radius 3 is 1.88 bits per heavy atom. The third-order valence-corrected chi connectivity index (χ3v) is 3.63. The van der Waals surface area contributed by atoms with Crippen molar-refractivity contribution in [3.05, 3.63) is 22.2 Å². The van der Waals surface area contributed by atoms with E-state index >= 15 is 0 Å². The van der Waals surface area contributed by atoms with Gasteiger partial charge in [0.2, 0.25) is 0 Å². The first-order valence-electron chi connectivity index (χ1n) is 5.29. The van der Waals surface area contributed by atoms with Gasteiger partial charge in [0.1, 0.15) is 0 Å². The van der Waals surface area contributed by atoms with Crippen LogP contribution >= 0.6 is 23.2 Å². The number of hydrogen-bond acceptors (Lipinski definition) is 3. The van der Waals surface area contributed by atoms with Gasteiger partial charge in [-0.25, -0.2) is 0 Å². The minimum atomic E-state index is -0.930. The molecule has 5 heteroatoms. The van der Waals surface area contributed by atoms with E-state index in [1.807, 2.05) is 13.8 Å². The topological polar surface area (TPSA) is 58.3 Å². The summed E-state index contributed by atoms with van der Waals surface area (Å²) in [6, 6.07) is 3.24. The number of anilines is 2. The second kappa shape index (κ2) is 4.56. The number of nitrogen functional groups attached to an aromatic ring is 1. The smallest absolute Gasteiger partial charge is 0.0814 e. The van der Waals surface area contributed by atoms with E-state index in [-0.39, 0.29) is 0 Å². The molecule has 1 rings (SSSR count). The summed E-state index contributed by atoms with van der Waals surface area (Å²) < 4.78 is 0. The van der Waals surface area contributed by atoms with Gasteiger partial charge in [-0.2, -0.15) is 0 Å². The van der Waals surface area contributed by atoms with Crippen LogP contribution in [0.25, 0.3) is 0 Å². The molecule has 0 aromatic heterocycles. The fourth-order valence-electron chi connectivity index (χ4n) is 1.18. The molecule has 0 aliphatic heterocycles. The van der Waals surface area contributed by atoms with Crippen LogP contribution in [0.1, 0.15) is 27.7 Å². The molecule has 1 aromatic rings. The molecule has 0 unspecified atom stereocenters. The quantitative estimate of drug-likeness (QED) is 0.741. The largest absolute Gasteiger partial charge is 0.399 e. The average molecular weight is 277 g/mol. The van der Waals surface area contributed by atoms with Gasteiger partial charge in [0.05, 0.1) is 26.9 Å². The highest BCUT2D eigenvalue weighted by Gasteiger charge is 2.35. The highest BCUT2D eigenvalue weighted by atomic mass is 35.5. The first-order valence-corrected chi connectivity index (χ1v) is 6.05. The van der Waals surface area contributed by atoms with Gasteiger partial charge in [0.15, 0.2) is 0 Å². The maximum absolute atomic E-state index is 10.1. The van der Waals surface area contributed by atoms with E-state index in [0.29, 0.717) is 21.4 Å². The van der Waals surface area contributed by atoms with Crippen molar-refractivity contribution in [2.24, 2.45) is 0 Å².